The van der Waals surface area contributed by atoms with Crippen LogP contribution in [0.25, 0.3) is 0 Å². The molecule has 1 N–H and O–H groups in total. The summed E-state index contributed by atoms with van der Waals surface area (Å²) in [6.45, 7) is 9.77. The lowest BCUT2D eigenvalue weighted by Crippen LogP contribution is -2.64. The average molecular weight is 183 g/mol. The van der Waals surface area contributed by atoms with Crippen LogP contribution in [0.3, 0.4) is 0 Å². The first kappa shape index (κ1) is 9.47. The lowest BCUT2D eigenvalue weighted by molar-refractivity contribution is -0.171. The van der Waals surface area contributed by atoms with Crippen molar-refractivity contribution in [2.24, 2.45) is 11.3 Å². The highest BCUT2D eigenvalue weighted by Gasteiger charge is 2.51. The summed E-state index contributed by atoms with van der Waals surface area (Å²) in [5.41, 5.74) is -0.416. The largest absolute Gasteiger partial charge is 0.388 e. The molecule has 1 atom stereocenters. The predicted molar refractivity (Wildman–Crippen MR) is 53.6 cm³/mol. The Balaban J connectivity index is 2.24. The van der Waals surface area contributed by atoms with E-state index in [4.69, 9.17) is 0 Å². The molecule has 13 heavy (non-hydrogen) atoms. The van der Waals surface area contributed by atoms with Crippen molar-refractivity contribution in [1.82, 2.24) is 4.90 Å². The average Bonchev–Trinajstić information content (AvgIpc) is 2.04. The molecule has 0 aliphatic carbocycles. The molecular formula is C11H21NO. The maximum atomic E-state index is 10.7. The topological polar surface area (TPSA) is 23.5 Å². The molecule has 3 heterocycles. The molecule has 3 rings (SSSR count). The number of rotatable bonds is 0. The van der Waals surface area contributed by atoms with Gasteiger partial charge in [0.2, 0.25) is 0 Å². The van der Waals surface area contributed by atoms with Crippen LogP contribution < -0.4 is 0 Å². The summed E-state index contributed by atoms with van der Waals surface area (Å²) in [5.74, 6) is 0.539. The van der Waals surface area contributed by atoms with Crippen LogP contribution in [0.15, 0.2) is 0 Å². The Hall–Kier alpha value is -0.0800. The van der Waals surface area contributed by atoms with Crippen LogP contribution >= 0.6 is 0 Å². The van der Waals surface area contributed by atoms with Crippen molar-refractivity contribution >= 4 is 0 Å². The van der Waals surface area contributed by atoms with Crippen molar-refractivity contribution in [2.45, 2.75) is 39.2 Å². The molecule has 0 amide bonds. The fourth-order valence-electron chi connectivity index (χ4n) is 2.89. The number of hydrogen-bond donors (Lipinski definition) is 1. The van der Waals surface area contributed by atoms with Crippen LogP contribution in [0.2, 0.25) is 0 Å². The number of hydrogen-bond acceptors (Lipinski definition) is 2. The summed E-state index contributed by atoms with van der Waals surface area (Å²) in [6.07, 6.45) is 2.38. The lowest BCUT2D eigenvalue weighted by atomic mass is 9.63. The third-order valence-electron chi connectivity index (χ3n) is 4.03. The minimum absolute atomic E-state index is 0.0246. The second kappa shape index (κ2) is 2.71. The first-order chi connectivity index (χ1) is 5.93. The van der Waals surface area contributed by atoms with Gasteiger partial charge in [0, 0.05) is 6.54 Å². The van der Waals surface area contributed by atoms with Crippen molar-refractivity contribution in [2.75, 3.05) is 19.6 Å². The van der Waals surface area contributed by atoms with E-state index in [9.17, 15) is 5.11 Å². The fraction of sp³-hybridized carbons (Fsp3) is 1.00. The van der Waals surface area contributed by atoms with E-state index in [2.05, 4.69) is 25.7 Å². The van der Waals surface area contributed by atoms with Gasteiger partial charge in [0.05, 0.1) is 5.60 Å². The number of aliphatic hydroxyl groups is 1. The number of piperidine rings is 3. The minimum atomic E-state index is -0.441. The van der Waals surface area contributed by atoms with Gasteiger partial charge in [-0.15, -0.1) is 0 Å². The standard InChI is InChI=1S/C11H21NO/c1-10(2,3)11(13)8-12-6-4-9(11)5-7-12/h9,13H,4-8H2,1-3H3. The van der Waals surface area contributed by atoms with Crippen molar-refractivity contribution in [3.8, 4) is 0 Å². The van der Waals surface area contributed by atoms with E-state index < -0.39 is 5.60 Å². The summed E-state index contributed by atoms with van der Waals surface area (Å²) in [7, 11) is 0. The van der Waals surface area contributed by atoms with Crippen LogP contribution in [0.4, 0.5) is 0 Å². The molecule has 2 heteroatoms. The summed E-state index contributed by atoms with van der Waals surface area (Å²) in [5, 5.41) is 10.7. The van der Waals surface area contributed by atoms with E-state index in [1.54, 1.807) is 0 Å². The van der Waals surface area contributed by atoms with Gasteiger partial charge in [-0.25, -0.2) is 0 Å². The summed E-state index contributed by atoms with van der Waals surface area (Å²) in [6, 6.07) is 0. The third-order valence-corrected chi connectivity index (χ3v) is 4.03. The maximum Gasteiger partial charge on any atom is 0.0850 e. The molecule has 2 nitrogen and oxygen atoms in total. The Bertz CT molecular complexity index is 201. The van der Waals surface area contributed by atoms with Gasteiger partial charge in [0.15, 0.2) is 0 Å². The first-order valence-corrected chi connectivity index (χ1v) is 5.38. The van der Waals surface area contributed by atoms with Gasteiger partial charge in [-0.1, -0.05) is 20.8 Å². The Morgan fingerprint density at radius 1 is 1.23 bits per heavy atom. The number of nitrogens with zero attached hydrogens (tertiary/aromatic N) is 1. The van der Waals surface area contributed by atoms with E-state index >= 15 is 0 Å². The van der Waals surface area contributed by atoms with Crippen molar-refractivity contribution in [3.05, 3.63) is 0 Å². The van der Waals surface area contributed by atoms with Crippen LogP contribution in [0.5, 0.6) is 0 Å². The first-order valence-electron chi connectivity index (χ1n) is 5.38. The van der Waals surface area contributed by atoms with Gasteiger partial charge in [-0.3, -0.25) is 0 Å². The van der Waals surface area contributed by atoms with Crippen LogP contribution in [-0.2, 0) is 0 Å². The molecule has 1 unspecified atom stereocenters. The van der Waals surface area contributed by atoms with Gasteiger partial charge in [0.1, 0.15) is 0 Å². The second-order valence-corrected chi connectivity index (χ2v) is 5.72. The van der Waals surface area contributed by atoms with Gasteiger partial charge < -0.3 is 10.0 Å². The highest BCUT2D eigenvalue weighted by Crippen LogP contribution is 2.45. The van der Waals surface area contributed by atoms with Gasteiger partial charge in [0.25, 0.3) is 0 Å². The Labute approximate surface area is 80.9 Å². The summed E-state index contributed by atoms with van der Waals surface area (Å²) < 4.78 is 0. The molecule has 0 radical (unpaired) electrons. The van der Waals surface area contributed by atoms with Gasteiger partial charge >= 0.3 is 0 Å². The maximum absolute atomic E-state index is 10.7. The molecule has 76 valence electrons. The number of fused-ring (bicyclic) bond motifs is 3. The molecule has 3 aliphatic heterocycles. The van der Waals surface area contributed by atoms with Crippen molar-refractivity contribution in [1.29, 1.82) is 0 Å². The fourth-order valence-corrected chi connectivity index (χ4v) is 2.89. The molecule has 3 saturated heterocycles. The van der Waals surface area contributed by atoms with E-state index in [1.807, 2.05) is 0 Å². The van der Waals surface area contributed by atoms with Crippen LogP contribution in [0.1, 0.15) is 33.6 Å². The molecule has 0 aromatic rings. The highest BCUT2D eigenvalue weighted by molar-refractivity contribution is 5.04. The smallest absolute Gasteiger partial charge is 0.0850 e. The second-order valence-electron chi connectivity index (χ2n) is 5.72. The third kappa shape index (κ3) is 1.31. The summed E-state index contributed by atoms with van der Waals surface area (Å²) >= 11 is 0. The van der Waals surface area contributed by atoms with Gasteiger partial charge in [-0.2, -0.15) is 0 Å². The molecule has 0 saturated carbocycles. The predicted octanol–water partition coefficient (Wildman–Crippen LogP) is 1.49. The zero-order valence-corrected chi connectivity index (χ0v) is 9.01. The van der Waals surface area contributed by atoms with E-state index in [1.165, 1.54) is 25.9 Å². The Kier molecular flexibility index (Phi) is 1.97. The molecule has 0 aromatic heterocycles. The van der Waals surface area contributed by atoms with E-state index in [0.717, 1.165) is 6.54 Å². The summed E-state index contributed by atoms with van der Waals surface area (Å²) in [4.78, 5) is 2.41. The van der Waals surface area contributed by atoms with Crippen molar-refractivity contribution in [3.63, 3.8) is 0 Å². The molecule has 0 aromatic carbocycles. The Morgan fingerprint density at radius 3 is 2.00 bits per heavy atom. The molecular weight excluding hydrogens is 162 g/mol. The van der Waals surface area contributed by atoms with Crippen LogP contribution in [-0.4, -0.2) is 35.2 Å². The zero-order valence-electron chi connectivity index (χ0n) is 9.01. The monoisotopic (exact) mass is 183 g/mol. The molecule has 3 fully saturated rings. The van der Waals surface area contributed by atoms with Gasteiger partial charge in [-0.05, 0) is 37.3 Å². The highest BCUT2D eigenvalue weighted by atomic mass is 16.3. The van der Waals surface area contributed by atoms with Crippen molar-refractivity contribution < 1.29 is 5.11 Å². The lowest BCUT2D eigenvalue weighted by Gasteiger charge is -2.56. The van der Waals surface area contributed by atoms with Crippen LogP contribution in [0, 0.1) is 11.3 Å². The molecule has 3 aliphatic rings. The minimum Gasteiger partial charge on any atom is -0.388 e. The SMILES string of the molecule is CC(C)(C)C1(O)CN2CCC1CC2. The normalized spacial score (nSPS) is 45.2. The quantitative estimate of drug-likeness (QED) is 0.615. The molecule has 2 bridgehead atoms. The van der Waals surface area contributed by atoms with E-state index in [0.29, 0.717) is 5.92 Å². The van der Waals surface area contributed by atoms with E-state index in [-0.39, 0.29) is 5.41 Å². The zero-order chi connectivity index (χ0) is 9.69. The molecule has 0 spiro atoms. The Morgan fingerprint density at radius 2 is 1.77 bits per heavy atom.